The van der Waals surface area contributed by atoms with Gasteiger partial charge in [-0.2, -0.15) is 0 Å². The predicted molar refractivity (Wildman–Crippen MR) is 81.8 cm³/mol. The van der Waals surface area contributed by atoms with Crippen LogP contribution in [0, 0.1) is 0 Å². The lowest BCUT2D eigenvalue weighted by molar-refractivity contribution is 0.343. The lowest BCUT2D eigenvalue weighted by Crippen LogP contribution is -2.38. The minimum Gasteiger partial charge on any atom is -0.384 e. The van der Waals surface area contributed by atoms with Crippen molar-refractivity contribution in [3.8, 4) is 0 Å². The number of nitrogens with one attached hydrogen (secondary N) is 2. The van der Waals surface area contributed by atoms with Crippen LogP contribution in [0.4, 0.5) is 5.69 Å². The molecule has 2 heteroatoms. The second kappa shape index (κ2) is 5.96. The van der Waals surface area contributed by atoms with Crippen LogP contribution in [0.3, 0.4) is 0 Å². The summed E-state index contributed by atoms with van der Waals surface area (Å²) in [5.74, 6) is 0. The van der Waals surface area contributed by atoms with Crippen LogP contribution in [-0.4, -0.2) is 18.6 Å². The number of hydrogen-bond donors (Lipinski definition) is 2. The molecule has 3 rings (SSSR count). The molecule has 1 aromatic carbocycles. The number of benzene rings is 1. The molecule has 0 spiro atoms. The lowest BCUT2D eigenvalue weighted by atomic mass is 9.94. The smallest absolute Gasteiger partial charge is 0.0373 e. The Bertz CT molecular complexity index is 421. The van der Waals surface area contributed by atoms with Crippen molar-refractivity contribution < 1.29 is 0 Å². The van der Waals surface area contributed by atoms with Gasteiger partial charge in [-0.05, 0) is 49.8 Å². The summed E-state index contributed by atoms with van der Waals surface area (Å²) in [5.41, 5.74) is 4.33. The first-order valence-corrected chi connectivity index (χ1v) is 7.93. The molecule has 1 atom stereocenters. The topological polar surface area (TPSA) is 24.1 Å². The van der Waals surface area contributed by atoms with E-state index in [1.54, 1.807) is 0 Å². The molecule has 0 saturated heterocycles. The Hall–Kier alpha value is -1.02. The third-order valence-electron chi connectivity index (χ3n) is 4.55. The van der Waals surface area contributed by atoms with E-state index in [1.165, 1.54) is 55.3 Å². The molecule has 2 aliphatic rings. The quantitative estimate of drug-likeness (QED) is 0.863. The normalized spacial score (nSPS) is 20.9. The highest BCUT2D eigenvalue weighted by molar-refractivity contribution is 5.56. The zero-order chi connectivity index (χ0) is 13.1. The standard InChI is InChI=1S/C17H26N2/c1-13(19-16-5-3-2-4-6-16)11-14-7-8-17-15(12-14)9-10-18-17/h7-8,12-13,16,18-19H,2-6,9-11H2,1H3. The van der Waals surface area contributed by atoms with Crippen LogP contribution in [0.25, 0.3) is 0 Å². The van der Waals surface area contributed by atoms with Gasteiger partial charge in [-0.15, -0.1) is 0 Å². The summed E-state index contributed by atoms with van der Waals surface area (Å²) in [4.78, 5) is 0. The molecule has 0 bridgehead atoms. The summed E-state index contributed by atoms with van der Waals surface area (Å²) in [6.45, 7) is 3.44. The molecule has 1 aliphatic heterocycles. The Balaban J connectivity index is 1.55. The molecule has 104 valence electrons. The van der Waals surface area contributed by atoms with Crippen molar-refractivity contribution in [2.24, 2.45) is 0 Å². The number of fused-ring (bicyclic) bond motifs is 1. The molecule has 1 heterocycles. The van der Waals surface area contributed by atoms with Gasteiger partial charge in [0, 0.05) is 24.3 Å². The van der Waals surface area contributed by atoms with Crippen LogP contribution in [0.2, 0.25) is 0 Å². The van der Waals surface area contributed by atoms with Gasteiger partial charge < -0.3 is 10.6 Å². The van der Waals surface area contributed by atoms with Crippen LogP contribution in [0.1, 0.15) is 50.2 Å². The highest BCUT2D eigenvalue weighted by atomic mass is 14.9. The molecule has 1 fully saturated rings. The first kappa shape index (κ1) is 13.0. The lowest BCUT2D eigenvalue weighted by Gasteiger charge is -2.26. The molecule has 0 aromatic heterocycles. The van der Waals surface area contributed by atoms with Crippen LogP contribution >= 0.6 is 0 Å². The molecule has 19 heavy (non-hydrogen) atoms. The second-order valence-corrected chi connectivity index (χ2v) is 6.28. The molecular formula is C17H26N2. The highest BCUT2D eigenvalue weighted by Gasteiger charge is 2.16. The number of anilines is 1. The minimum atomic E-state index is 0.593. The van der Waals surface area contributed by atoms with Crippen molar-refractivity contribution in [2.45, 2.75) is 64.0 Å². The molecule has 1 aliphatic carbocycles. The average Bonchev–Trinajstić information content (AvgIpc) is 2.87. The van der Waals surface area contributed by atoms with Gasteiger partial charge in [0.15, 0.2) is 0 Å². The van der Waals surface area contributed by atoms with Crippen molar-refractivity contribution in [1.29, 1.82) is 0 Å². The van der Waals surface area contributed by atoms with Gasteiger partial charge in [0.05, 0.1) is 0 Å². The van der Waals surface area contributed by atoms with Gasteiger partial charge >= 0.3 is 0 Å². The average molecular weight is 258 g/mol. The highest BCUT2D eigenvalue weighted by Crippen LogP contribution is 2.24. The van der Waals surface area contributed by atoms with E-state index in [1.807, 2.05) is 0 Å². The fourth-order valence-electron chi connectivity index (χ4n) is 3.57. The van der Waals surface area contributed by atoms with Crippen LogP contribution in [0.5, 0.6) is 0 Å². The summed E-state index contributed by atoms with van der Waals surface area (Å²) in [7, 11) is 0. The maximum atomic E-state index is 3.82. The molecule has 1 aromatic rings. The fraction of sp³-hybridized carbons (Fsp3) is 0.647. The van der Waals surface area contributed by atoms with E-state index >= 15 is 0 Å². The van der Waals surface area contributed by atoms with Crippen LogP contribution < -0.4 is 10.6 Å². The fourth-order valence-corrected chi connectivity index (χ4v) is 3.57. The van der Waals surface area contributed by atoms with E-state index < -0.39 is 0 Å². The largest absolute Gasteiger partial charge is 0.384 e. The van der Waals surface area contributed by atoms with Crippen molar-refractivity contribution >= 4 is 5.69 Å². The maximum Gasteiger partial charge on any atom is 0.0373 e. The summed E-state index contributed by atoms with van der Waals surface area (Å²) < 4.78 is 0. The molecular weight excluding hydrogens is 232 g/mol. The van der Waals surface area contributed by atoms with Crippen LogP contribution in [-0.2, 0) is 12.8 Å². The van der Waals surface area contributed by atoms with Gasteiger partial charge in [-0.1, -0.05) is 31.4 Å². The number of hydrogen-bond acceptors (Lipinski definition) is 2. The van der Waals surface area contributed by atoms with Crippen LogP contribution in [0.15, 0.2) is 18.2 Å². The molecule has 0 radical (unpaired) electrons. The second-order valence-electron chi connectivity index (χ2n) is 6.28. The van der Waals surface area contributed by atoms with E-state index in [9.17, 15) is 0 Å². The Morgan fingerprint density at radius 2 is 2.11 bits per heavy atom. The predicted octanol–water partition coefficient (Wildman–Crippen LogP) is 3.51. The molecule has 2 N–H and O–H groups in total. The first-order chi connectivity index (χ1) is 9.31. The number of rotatable bonds is 4. The van der Waals surface area contributed by atoms with Gasteiger partial charge in [0.2, 0.25) is 0 Å². The SMILES string of the molecule is CC(Cc1ccc2c(c1)CCN2)NC1CCCCC1. The third kappa shape index (κ3) is 3.30. The third-order valence-corrected chi connectivity index (χ3v) is 4.55. The van der Waals surface area contributed by atoms with Gasteiger partial charge in [0.1, 0.15) is 0 Å². The summed E-state index contributed by atoms with van der Waals surface area (Å²) in [5, 5.41) is 7.25. The Kier molecular flexibility index (Phi) is 4.07. The zero-order valence-corrected chi connectivity index (χ0v) is 12.0. The summed E-state index contributed by atoms with van der Waals surface area (Å²) in [6, 6.07) is 8.30. The Morgan fingerprint density at radius 1 is 1.26 bits per heavy atom. The minimum absolute atomic E-state index is 0.593. The summed E-state index contributed by atoms with van der Waals surface area (Å²) >= 11 is 0. The monoisotopic (exact) mass is 258 g/mol. The van der Waals surface area contributed by atoms with Gasteiger partial charge in [0.25, 0.3) is 0 Å². The van der Waals surface area contributed by atoms with E-state index in [2.05, 4.69) is 35.8 Å². The molecule has 0 amide bonds. The van der Waals surface area contributed by atoms with Gasteiger partial charge in [-0.3, -0.25) is 0 Å². The Morgan fingerprint density at radius 3 is 2.95 bits per heavy atom. The maximum absolute atomic E-state index is 3.82. The van der Waals surface area contributed by atoms with E-state index in [0.717, 1.165) is 19.0 Å². The van der Waals surface area contributed by atoms with E-state index in [-0.39, 0.29) is 0 Å². The van der Waals surface area contributed by atoms with E-state index in [4.69, 9.17) is 0 Å². The van der Waals surface area contributed by atoms with Crippen molar-refractivity contribution in [3.63, 3.8) is 0 Å². The molecule has 1 unspecified atom stereocenters. The molecule has 1 saturated carbocycles. The molecule has 2 nitrogen and oxygen atoms in total. The van der Waals surface area contributed by atoms with Gasteiger partial charge in [-0.25, -0.2) is 0 Å². The Labute approximate surface area is 117 Å². The first-order valence-electron chi connectivity index (χ1n) is 7.93. The zero-order valence-electron chi connectivity index (χ0n) is 12.0. The van der Waals surface area contributed by atoms with Crippen molar-refractivity contribution in [2.75, 3.05) is 11.9 Å². The van der Waals surface area contributed by atoms with Crippen molar-refractivity contribution in [1.82, 2.24) is 5.32 Å². The van der Waals surface area contributed by atoms with Crippen molar-refractivity contribution in [3.05, 3.63) is 29.3 Å². The van der Waals surface area contributed by atoms with E-state index in [0.29, 0.717) is 6.04 Å². The summed E-state index contributed by atoms with van der Waals surface area (Å²) in [6.07, 6.45) is 9.35.